The first-order valence-corrected chi connectivity index (χ1v) is 14.0. The largest absolute Gasteiger partial charge is 0.343 e. The van der Waals surface area contributed by atoms with Crippen LogP contribution in [0.5, 0.6) is 0 Å². The molecule has 0 atom stereocenters. The fourth-order valence-corrected chi connectivity index (χ4v) is 6.70. The minimum atomic E-state index is 1.25. The average molecular weight is 515 g/mol. The Balaban J connectivity index is 1.37. The number of aryl methyl sites for hydroxylation is 4. The highest BCUT2D eigenvalue weighted by molar-refractivity contribution is 6.25. The van der Waals surface area contributed by atoms with Gasteiger partial charge in [-0.25, -0.2) is 0 Å². The smallest absolute Gasteiger partial charge is 0.0569 e. The molecule has 0 aliphatic rings. The van der Waals surface area contributed by atoms with Gasteiger partial charge in [-0.1, -0.05) is 108 Å². The maximum absolute atomic E-state index is 2.38. The van der Waals surface area contributed by atoms with Gasteiger partial charge in [0, 0.05) is 57.4 Å². The third-order valence-corrected chi connectivity index (χ3v) is 8.88. The second-order valence-corrected chi connectivity index (χ2v) is 11.3. The fourth-order valence-electron chi connectivity index (χ4n) is 6.70. The van der Waals surface area contributed by atoms with Gasteiger partial charge in [-0.15, -0.1) is 0 Å². The molecule has 6 aromatic carbocycles. The first-order chi connectivity index (χ1) is 19.5. The second-order valence-electron chi connectivity index (χ2n) is 11.3. The molecule has 2 heteroatoms. The fraction of sp³-hybridized carbons (Fsp3) is 0.105. The summed E-state index contributed by atoms with van der Waals surface area (Å²) in [5.41, 5.74) is 12.7. The lowest BCUT2D eigenvalue weighted by Gasteiger charge is -2.07. The van der Waals surface area contributed by atoms with Crippen molar-refractivity contribution in [2.45, 2.75) is 13.8 Å². The lowest BCUT2D eigenvalue weighted by Crippen LogP contribution is -1.91. The molecule has 192 valence electrons. The van der Waals surface area contributed by atoms with E-state index < -0.39 is 0 Å². The molecule has 0 N–H and O–H groups in total. The van der Waals surface area contributed by atoms with Crippen molar-refractivity contribution in [2.75, 3.05) is 0 Å². The van der Waals surface area contributed by atoms with Gasteiger partial charge in [0.25, 0.3) is 0 Å². The summed E-state index contributed by atoms with van der Waals surface area (Å²) in [6.45, 7) is 4.27. The molecule has 0 radical (unpaired) electrons. The molecule has 2 aromatic heterocycles. The molecule has 0 aliphatic carbocycles. The van der Waals surface area contributed by atoms with Crippen LogP contribution in [0.25, 0.3) is 76.6 Å². The summed E-state index contributed by atoms with van der Waals surface area (Å²) >= 11 is 0. The Labute approximate surface area is 233 Å². The van der Waals surface area contributed by atoms with Crippen molar-refractivity contribution in [3.05, 3.63) is 120 Å². The Bertz CT molecular complexity index is 2110. The van der Waals surface area contributed by atoms with Crippen LogP contribution < -0.4 is 0 Å². The van der Waals surface area contributed by atoms with Crippen LogP contribution >= 0.6 is 0 Å². The Kier molecular flexibility index (Phi) is 4.82. The van der Waals surface area contributed by atoms with E-state index in [0.29, 0.717) is 0 Å². The van der Waals surface area contributed by atoms with E-state index in [9.17, 15) is 0 Å². The molecule has 0 amide bonds. The van der Waals surface area contributed by atoms with Gasteiger partial charge < -0.3 is 9.13 Å². The molecule has 0 bridgehead atoms. The van der Waals surface area contributed by atoms with Crippen LogP contribution in [0, 0.1) is 13.8 Å². The SMILES string of the molecule is Cc1ccc(-c2ccc3c4ccc5c(ccc6c7ccc(-c8ccc(C)cc8)cc7n(C)c65)c4n(C)c3c2)cc1. The van der Waals surface area contributed by atoms with E-state index in [1.807, 2.05) is 0 Å². The maximum Gasteiger partial charge on any atom is 0.0569 e. The van der Waals surface area contributed by atoms with Crippen molar-refractivity contribution in [3.63, 3.8) is 0 Å². The van der Waals surface area contributed by atoms with E-state index in [2.05, 4.69) is 146 Å². The van der Waals surface area contributed by atoms with Crippen molar-refractivity contribution in [1.82, 2.24) is 9.13 Å². The molecule has 0 unspecified atom stereocenters. The van der Waals surface area contributed by atoms with Gasteiger partial charge in [0.05, 0.1) is 11.0 Å². The van der Waals surface area contributed by atoms with Gasteiger partial charge in [0.2, 0.25) is 0 Å². The summed E-state index contributed by atoms with van der Waals surface area (Å²) in [5, 5.41) is 7.81. The van der Waals surface area contributed by atoms with E-state index in [1.165, 1.54) is 87.8 Å². The number of rotatable bonds is 2. The van der Waals surface area contributed by atoms with Crippen molar-refractivity contribution in [1.29, 1.82) is 0 Å². The lowest BCUT2D eigenvalue weighted by molar-refractivity contribution is 1.02. The standard InChI is InChI=1S/C38H30N2/c1-23-5-9-25(10-6-23)27-13-15-29-31-17-19-34-33(37(31)39(3)35(29)21-27)20-18-32-30-16-14-28(22-36(30)40(4)38(32)34)26-11-7-24(2)8-12-26/h5-22H,1-4H3. The van der Waals surface area contributed by atoms with Crippen LogP contribution in [0.2, 0.25) is 0 Å². The second kappa shape index (κ2) is 8.34. The van der Waals surface area contributed by atoms with Crippen molar-refractivity contribution in [3.8, 4) is 22.3 Å². The zero-order valence-electron chi connectivity index (χ0n) is 23.3. The molecule has 0 fully saturated rings. The third kappa shape index (κ3) is 3.23. The molecular formula is C38H30N2. The number of hydrogen-bond acceptors (Lipinski definition) is 0. The van der Waals surface area contributed by atoms with Crippen LogP contribution in [0.1, 0.15) is 11.1 Å². The number of nitrogens with zero attached hydrogens (tertiary/aromatic N) is 2. The summed E-state index contributed by atoms with van der Waals surface area (Å²) in [6, 6.07) is 40.7. The quantitative estimate of drug-likeness (QED) is 0.217. The van der Waals surface area contributed by atoms with Crippen LogP contribution in [-0.4, -0.2) is 9.13 Å². The maximum atomic E-state index is 2.38. The summed E-state index contributed by atoms with van der Waals surface area (Å²) in [5.74, 6) is 0. The summed E-state index contributed by atoms with van der Waals surface area (Å²) in [6.07, 6.45) is 0. The normalized spacial score (nSPS) is 12.0. The van der Waals surface area contributed by atoms with Crippen LogP contribution in [0.3, 0.4) is 0 Å². The van der Waals surface area contributed by atoms with Gasteiger partial charge in [0.15, 0.2) is 0 Å². The molecular weight excluding hydrogens is 484 g/mol. The Morgan fingerprint density at radius 1 is 0.350 bits per heavy atom. The van der Waals surface area contributed by atoms with Crippen molar-refractivity contribution < 1.29 is 0 Å². The highest BCUT2D eigenvalue weighted by Gasteiger charge is 2.17. The highest BCUT2D eigenvalue weighted by Crippen LogP contribution is 2.40. The van der Waals surface area contributed by atoms with Crippen molar-refractivity contribution >= 4 is 54.4 Å². The molecule has 8 aromatic rings. The predicted molar refractivity (Wildman–Crippen MR) is 172 cm³/mol. The summed E-state index contributed by atoms with van der Waals surface area (Å²) in [7, 11) is 4.42. The zero-order chi connectivity index (χ0) is 27.1. The van der Waals surface area contributed by atoms with Gasteiger partial charge in [-0.2, -0.15) is 0 Å². The topological polar surface area (TPSA) is 9.86 Å². The van der Waals surface area contributed by atoms with Crippen LogP contribution in [-0.2, 0) is 14.1 Å². The summed E-state index contributed by atoms with van der Waals surface area (Å²) in [4.78, 5) is 0. The van der Waals surface area contributed by atoms with Gasteiger partial charge in [-0.05, 0) is 48.2 Å². The molecule has 0 aliphatic heterocycles. The van der Waals surface area contributed by atoms with Gasteiger partial charge in [0.1, 0.15) is 0 Å². The molecule has 0 saturated carbocycles. The Morgan fingerprint density at radius 2 is 0.650 bits per heavy atom. The minimum absolute atomic E-state index is 1.25. The average Bonchev–Trinajstić information content (AvgIpc) is 3.44. The van der Waals surface area contributed by atoms with Gasteiger partial charge >= 0.3 is 0 Å². The number of aromatic nitrogens is 2. The predicted octanol–water partition coefficient (Wildman–Crippen LogP) is 10.1. The zero-order valence-corrected chi connectivity index (χ0v) is 23.3. The molecule has 0 spiro atoms. The number of fused-ring (bicyclic) bond motifs is 9. The Morgan fingerprint density at radius 3 is 1.02 bits per heavy atom. The summed E-state index contributed by atoms with van der Waals surface area (Å²) < 4.78 is 4.77. The molecule has 0 saturated heterocycles. The first kappa shape index (κ1) is 23.1. The molecule has 8 rings (SSSR count). The monoisotopic (exact) mass is 514 g/mol. The van der Waals surface area contributed by atoms with E-state index in [1.54, 1.807) is 0 Å². The van der Waals surface area contributed by atoms with E-state index in [4.69, 9.17) is 0 Å². The minimum Gasteiger partial charge on any atom is -0.343 e. The van der Waals surface area contributed by atoms with Crippen molar-refractivity contribution in [2.24, 2.45) is 14.1 Å². The van der Waals surface area contributed by atoms with E-state index >= 15 is 0 Å². The molecule has 40 heavy (non-hydrogen) atoms. The third-order valence-electron chi connectivity index (χ3n) is 8.88. The van der Waals surface area contributed by atoms with Crippen LogP contribution in [0.4, 0.5) is 0 Å². The van der Waals surface area contributed by atoms with E-state index in [0.717, 1.165) is 0 Å². The number of benzene rings is 6. The van der Waals surface area contributed by atoms with E-state index in [-0.39, 0.29) is 0 Å². The van der Waals surface area contributed by atoms with Crippen LogP contribution in [0.15, 0.2) is 109 Å². The lowest BCUT2D eigenvalue weighted by atomic mass is 10.00. The highest BCUT2D eigenvalue weighted by atomic mass is 15.0. The first-order valence-electron chi connectivity index (χ1n) is 14.0. The molecule has 2 heterocycles. The Hall–Kier alpha value is -4.82. The molecule has 2 nitrogen and oxygen atoms in total. The number of hydrogen-bond donors (Lipinski definition) is 0. The van der Waals surface area contributed by atoms with Gasteiger partial charge in [-0.3, -0.25) is 0 Å².